The van der Waals surface area contributed by atoms with Crippen molar-refractivity contribution in [2.24, 2.45) is 0 Å². The minimum atomic E-state index is -4.58. The Morgan fingerprint density at radius 3 is 2.18 bits per heavy atom. The van der Waals surface area contributed by atoms with Crippen molar-refractivity contribution in [3.05, 3.63) is 29.1 Å². The van der Waals surface area contributed by atoms with Crippen molar-refractivity contribution < 1.29 is 30.7 Å². The van der Waals surface area contributed by atoms with E-state index in [1.54, 1.807) is 0 Å². The van der Waals surface area contributed by atoms with Gasteiger partial charge in [0.1, 0.15) is 5.82 Å². The molecule has 0 bridgehead atoms. The third-order valence-electron chi connectivity index (χ3n) is 2.30. The Balaban J connectivity index is 2.70. The van der Waals surface area contributed by atoms with Crippen molar-refractivity contribution in [2.75, 3.05) is 0 Å². The summed E-state index contributed by atoms with van der Waals surface area (Å²) in [4.78, 5) is -1.07. The van der Waals surface area contributed by atoms with E-state index in [0.29, 0.717) is 12.1 Å². The Kier molecular flexibility index (Phi) is 2.61. The van der Waals surface area contributed by atoms with Crippen LogP contribution in [0, 0.1) is 5.82 Å². The predicted molar refractivity (Wildman–Crippen MR) is 46.1 cm³/mol. The number of hydrogen-bond donors (Lipinski definition) is 0. The van der Waals surface area contributed by atoms with Gasteiger partial charge in [-0.25, -0.2) is 13.2 Å². The standard InChI is InChI=1S/C9H3F7S/c10-4-2-1-3-6(5(4)7(11)12)17-9(15,16)8(3,13)14/h1-2,7H. The van der Waals surface area contributed by atoms with Gasteiger partial charge in [-0.1, -0.05) is 0 Å². The van der Waals surface area contributed by atoms with Crippen molar-refractivity contribution >= 4 is 11.8 Å². The van der Waals surface area contributed by atoms with Crippen LogP contribution in [-0.2, 0) is 5.92 Å². The summed E-state index contributed by atoms with van der Waals surface area (Å²) in [5.41, 5.74) is -2.66. The summed E-state index contributed by atoms with van der Waals surface area (Å²) in [6, 6.07) is 0.751. The fraction of sp³-hybridized carbons (Fsp3) is 0.333. The maximum Gasteiger partial charge on any atom is 0.364 e. The number of thioether (sulfide) groups is 1. The lowest BCUT2D eigenvalue weighted by Crippen LogP contribution is -2.29. The molecule has 8 heteroatoms. The van der Waals surface area contributed by atoms with Gasteiger partial charge in [0.25, 0.3) is 6.43 Å². The van der Waals surface area contributed by atoms with E-state index < -0.39 is 51.2 Å². The normalized spacial score (nSPS) is 20.7. The van der Waals surface area contributed by atoms with Crippen molar-refractivity contribution in [3.8, 4) is 0 Å². The van der Waals surface area contributed by atoms with Gasteiger partial charge in [0, 0.05) is 10.5 Å². The second-order valence-electron chi connectivity index (χ2n) is 3.33. The van der Waals surface area contributed by atoms with Crippen molar-refractivity contribution in [1.82, 2.24) is 0 Å². The summed E-state index contributed by atoms with van der Waals surface area (Å²) in [6.07, 6.45) is -3.43. The van der Waals surface area contributed by atoms with E-state index >= 15 is 0 Å². The van der Waals surface area contributed by atoms with Crippen LogP contribution in [0.3, 0.4) is 0 Å². The van der Waals surface area contributed by atoms with Gasteiger partial charge in [-0.15, -0.1) is 0 Å². The fourth-order valence-electron chi connectivity index (χ4n) is 1.49. The summed E-state index contributed by atoms with van der Waals surface area (Å²) in [7, 11) is 0. The Hall–Kier alpha value is -0.920. The summed E-state index contributed by atoms with van der Waals surface area (Å²) < 4.78 is 90.1. The Morgan fingerprint density at radius 2 is 1.65 bits per heavy atom. The maximum atomic E-state index is 13.2. The quantitative estimate of drug-likeness (QED) is 0.678. The molecular weight excluding hydrogens is 273 g/mol. The first-order chi connectivity index (χ1) is 7.68. The molecule has 0 nitrogen and oxygen atoms in total. The van der Waals surface area contributed by atoms with Crippen LogP contribution in [0.25, 0.3) is 0 Å². The van der Waals surface area contributed by atoms with Crippen LogP contribution in [0.5, 0.6) is 0 Å². The van der Waals surface area contributed by atoms with E-state index in [1.807, 2.05) is 0 Å². The molecule has 1 aliphatic heterocycles. The van der Waals surface area contributed by atoms with Gasteiger partial charge in [0.2, 0.25) is 0 Å². The number of alkyl halides is 6. The first kappa shape index (κ1) is 12.5. The first-order valence-electron chi connectivity index (χ1n) is 4.24. The minimum Gasteiger partial charge on any atom is -0.206 e. The molecule has 1 aliphatic rings. The number of hydrogen-bond acceptors (Lipinski definition) is 1. The molecule has 17 heavy (non-hydrogen) atoms. The number of halogens is 7. The van der Waals surface area contributed by atoms with Crippen LogP contribution in [0.2, 0.25) is 0 Å². The van der Waals surface area contributed by atoms with Crippen molar-refractivity contribution in [3.63, 3.8) is 0 Å². The van der Waals surface area contributed by atoms with Crippen molar-refractivity contribution in [1.29, 1.82) is 0 Å². The molecule has 0 aliphatic carbocycles. The van der Waals surface area contributed by atoms with Gasteiger partial charge in [0.05, 0.1) is 5.56 Å². The number of rotatable bonds is 1. The molecule has 0 fully saturated rings. The molecule has 1 heterocycles. The van der Waals surface area contributed by atoms with E-state index in [2.05, 4.69) is 0 Å². The SMILES string of the molecule is Fc1ccc2c(c1C(F)F)SC(F)(F)C2(F)F. The Labute approximate surface area is 94.8 Å². The molecule has 94 valence electrons. The second kappa shape index (κ2) is 3.54. The lowest BCUT2D eigenvalue weighted by Gasteiger charge is -2.17. The summed E-state index contributed by atoms with van der Waals surface area (Å²) in [5.74, 6) is -6.05. The summed E-state index contributed by atoms with van der Waals surface area (Å²) in [6.45, 7) is 0. The number of benzene rings is 1. The molecule has 1 aromatic carbocycles. The molecule has 0 saturated carbocycles. The predicted octanol–water partition coefficient (Wildman–Crippen LogP) is 4.55. The lowest BCUT2D eigenvalue weighted by atomic mass is 10.1. The van der Waals surface area contributed by atoms with Crippen LogP contribution in [0.4, 0.5) is 30.7 Å². The molecule has 0 N–H and O–H groups in total. The zero-order chi connectivity index (χ0) is 13.0. The summed E-state index contributed by atoms with van der Waals surface area (Å²) in [5, 5.41) is -4.55. The fourth-order valence-corrected chi connectivity index (χ4v) is 2.58. The zero-order valence-corrected chi connectivity index (χ0v) is 8.60. The third kappa shape index (κ3) is 1.61. The largest absolute Gasteiger partial charge is 0.364 e. The van der Waals surface area contributed by atoms with E-state index in [1.165, 1.54) is 0 Å². The second-order valence-corrected chi connectivity index (χ2v) is 4.46. The molecule has 0 amide bonds. The van der Waals surface area contributed by atoms with E-state index in [-0.39, 0.29) is 0 Å². The van der Waals surface area contributed by atoms with E-state index in [9.17, 15) is 30.7 Å². The molecule has 1 aromatic rings. The average Bonchev–Trinajstić information content (AvgIpc) is 2.32. The zero-order valence-electron chi connectivity index (χ0n) is 7.79. The maximum absolute atomic E-state index is 13.2. The average molecular weight is 276 g/mol. The van der Waals surface area contributed by atoms with Gasteiger partial charge in [-0.3, -0.25) is 0 Å². The molecule has 2 rings (SSSR count). The van der Waals surface area contributed by atoms with Gasteiger partial charge in [-0.2, -0.15) is 17.6 Å². The van der Waals surface area contributed by atoms with Gasteiger partial charge < -0.3 is 0 Å². The van der Waals surface area contributed by atoms with Crippen molar-refractivity contribution in [2.45, 2.75) is 22.5 Å². The van der Waals surface area contributed by atoms with Crippen LogP contribution in [0.1, 0.15) is 17.6 Å². The lowest BCUT2D eigenvalue weighted by molar-refractivity contribution is -0.154. The minimum absolute atomic E-state index is 0.343. The number of fused-ring (bicyclic) bond motifs is 1. The Bertz CT molecular complexity index is 469. The monoisotopic (exact) mass is 276 g/mol. The van der Waals surface area contributed by atoms with E-state index in [0.717, 1.165) is 0 Å². The highest BCUT2D eigenvalue weighted by atomic mass is 32.2. The highest BCUT2D eigenvalue weighted by molar-refractivity contribution is 8.00. The van der Waals surface area contributed by atoms with Crippen LogP contribution >= 0.6 is 11.8 Å². The van der Waals surface area contributed by atoms with Crippen LogP contribution < -0.4 is 0 Å². The molecule has 0 unspecified atom stereocenters. The third-order valence-corrected chi connectivity index (χ3v) is 3.45. The van der Waals surface area contributed by atoms with Gasteiger partial charge in [0.15, 0.2) is 0 Å². The van der Waals surface area contributed by atoms with Gasteiger partial charge >= 0.3 is 11.2 Å². The first-order valence-corrected chi connectivity index (χ1v) is 5.06. The molecular formula is C9H3F7S. The van der Waals surface area contributed by atoms with Gasteiger partial charge in [-0.05, 0) is 23.9 Å². The molecule has 0 spiro atoms. The molecule has 0 atom stereocenters. The molecule has 0 radical (unpaired) electrons. The highest BCUT2D eigenvalue weighted by Crippen LogP contribution is 2.62. The Morgan fingerprint density at radius 1 is 1.06 bits per heavy atom. The topological polar surface area (TPSA) is 0 Å². The molecule has 0 saturated heterocycles. The van der Waals surface area contributed by atoms with Crippen LogP contribution in [0.15, 0.2) is 17.0 Å². The summed E-state index contributed by atoms with van der Waals surface area (Å²) >= 11 is -0.734. The van der Waals surface area contributed by atoms with E-state index in [4.69, 9.17) is 0 Å². The highest BCUT2D eigenvalue weighted by Gasteiger charge is 2.65. The molecule has 0 aromatic heterocycles. The van der Waals surface area contributed by atoms with Crippen LogP contribution in [-0.4, -0.2) is 5.25 Å². The smallest absolute Gasteiger partial charge is 0.206 e.